The van der Waals surface area contributed by atoms with Gasteiger partial charge in [-0.25, -0.2) is 0 Å². The van der Waals surface area contributed by atoms with Crippen LogP contribution in [0.3, 0.4) is 0 Å². The maximum absolute atomic E-state index is 11.4. The Hall–Kier alpha value is -0.240. The second kappa shape index (κ2) is 4.52. The van der Waals surface area contributed by atoms with Crippen molar-refractivity contribution in [2.45, 2.75) is 58.9 Å². The molecule has 0 aromatic heterocycles. The maximum Gasteiger partial charge on any atom is 0.238 e. The highest BCUT2D eigenvalue weighted by Gasteiger charge is 2.27. The number of hydrogen-bond acceptors (Lipinski definition) is 1. The molecule has 0 radical (unpaired) electrons. The summed E-state index contributed by atoms with van der Waals surface area (Å²) in [6.45, 7) is 12.2. The van der Waals surface area contributed by atoms with Crippen LogP contribution >= 0.6 is 11.6 Å². The van der Waals surface area contributed by atoms with Crippen LogP contribution in [0, 0.1) is 5.41 Å². The summed E-state index contributed by atoms with van der Waals surface area (Å²) in [5.74, 6) is -0.0964. The molecule has 1 amide bonds. The molecule has 0 aromatic carbocycles. The molecule has 1 atom stereocenters. The molecule has 0 fully saturated rings. The summed E-state index contributed by atoms with van der Waals surface area (Å²) >= 11 is 5.69. The smallest absolute Gasteiger partial charge is 0.238 e. The molecule has 0 aliphatic heterocycles. The van der Waals surface area contributed by atoms with Gasteiger partial charge >= 0.3 is 0 Å². The molecule has 0 saturated carbocycles. The zero-order valence-corrected chi connectivity index (χ0v) is 10.8. The van der Waals surface area contributed by atoms with Crippen molar-refractivity contribution in [2.75, 3.05) is 0 Å². The first kappa shape index (κ1) is 13.8. The Morgan fingerprint density at radius 1 is 1.29 bits per heavy atom. The molecular weight excluding hydrogens is 198 g/mol. The number of amides is 1. The van der Waals surface area contributed by atoms with Gasteiger partial charge in [-0.05, 0) is 32.6 Å². The van der Waals surface area contributed by atoms with E-state index in [1.807, 2.05) is 13.8 Å². The molecule has 2 nitrogen and oxygen atoms in total. The normalized spacial score (nSPS) is 15.1. The minimum absolute atomic E-state index is 0.0964. The van der Waals surface area contributed by atoms with Crippen molar-refractivity contribution in [1.29, 1.82) is 0 Å². The van der Waals surface area contributed by atoms with Gasteiger partial charge in [-0.3, -0.25) is 4.79 Å². The van der Waals surface area contributed by atoms with Crippen molar-refractivity contribution in [3.05, 3.63) is 0 Å². The molecule has 0 bridgehead atoms. The van der Waals surface area contributed by atoms with Crippen molar-refractivity contribution >= 4 is 17.5 Å². The predicted octanol–water partition coefficient (Wildman–Crippen LogP) is 2.94. The Kier molecular flexibility index (Phi) is 4.44. The Balaban J connectivity index is 4.28. The highest BCUT2D eigenvalue weighted by Crippen LogP contribution is 2.26. The number of hydrogen-bond donors (Lipinski definition) is 1. The van der Waals surface area contributed by atoms with Gasteiger partial charge in [-0.1, -0.05) is 20.8 Å². The summed E-state index contributed by atoms with van der Waals surface area (Å²) in [5.41, 5.74) is 0.00478. The van der Waals surface area contributed by atoms with E-state index >= 15 is 0 Å². The summed E-state index contributed by atoms with van der Waals surface area (Å²) in [4.78, 5) is 11.4. The Morgan fingerprint density at radius 3 is 2.00 bits per heavy atom. The van der Waals surface area contributed by atoms with Crippen LogP contribution in [0.25, 0.3) is 0 Å². The molecule has 14 heavy (non-hydrogen) atoms. The van der Waals surface area contributed by atoms with Gasteiger partial charge in [0.25, 0.3) is 0 Å². The van der Waals surface area contributed by atoms with Crippen molar-refractivity contribution < 1.29 is 4.79 Å². The molecule has 0 unspecified atom stereocenters. The van der Waals surface area contributed by atoms with Crippen LogP contribution in [0.4, 0.5) is 0 Å². The van der Waals surface area contributed by atoms with Crippen LogP contribution in [-0.2, 0) is 4.79 Å². The summed E-state index contributed by atoms with van der Waals surface area (Å²) < 4.78 is 0. The highest BCUT2D eigenvalue weighted by molar-refractivity contribution is 6.30. The van der Waals surface area contributed by atoms with Crippen LogP contribution in [-0.4, -0.2) is 16.8 Å². The van der Waals surface area contributed by atoms with E-state index in [9.17, 15) is 4.79 Å². The molecule has 0 spiro atoms. The molecule has 1 N–H and O–H groups in total. The zero-order valence-electron chi connectivity index (χ0n) is 10.1. The fourth-order valence-corrected chi connectivity index (χ4v) is 1.86. The molecular formula is C11H22ClNO. The summed E-state index contributed by atoms with van der Waals surface area (Å²) in [6, 6.07) is 0. The third kappa shape index (κ3) is 6.25. The van der Waals surface area contributed by atoms with Crippen molar-refractivity contribution in [3.63, 3.8) is 0 Å². The molecule has 0 rings (SSSR count). The van der Waals surface area contributed by atoms with Crippen molar-refractivity contribution in [3.8, 4) is 0 Å². The summed E-state index contributed by atoms with van der Waals surface area (Å²) in [7, 11) is 0. The minimum Gasteiger partial charge on any atom is -0.350 e. The van der Waals surface area contributed by atoms with Gasteiger partial charge in [-0.2, -0.15) is 0 Å². The largest absolute Gasteiger partial charge is 0.350 e. The molecule has 84 valence electrons. The Morgan fingerprint density at radius 2 is 1.71 bits per heavy atom. The summed E-state index contributed by atoms with van der Waals surface area (Å²) in [6.07, 6.45) is 0.926. The van der Waals surface area contributed by atoms with Crippen LogP contribution in [0.5, 0.6) is 0 Å². The van der Waals surface area contributed by atoms with Crippen LogP contribution in [0.2, 0.25) is 0 Å². The average Bonchev–Trinajstić information content (AvgIpc) is 1.78. The number of halogens is 1. The van der Waals surface area contributed by atoms with E-state index in [2.05, 4.69) is 26.1 Å². The SMILES string of the molecule is C[C@@H](Cl)C(=O)NC(C)(C)CC(C)(C)C. The van der Waals surface area contributed by atoms with Gasteiger partial charge in [0.15, 0.2) is 0 Å². The van der Waals surface area contributed by atoms with Crippen molar-refractivity contribution in [2.24, 2.45) is 5.41 Å². The van der Waals surface area contributed by atoms with Crippen LogP contribution < -0.4 is 5.32 Å². The fraction of sp³-hybridized carbons (Fsp3) is 0.909. The molecule has 0 aliphatic rings. The number of carbonyl (C=O) groups excluding carboxylic acids is 1. The molecule has 0 heterocycles. The van der Waals surface area contributed by atoms with E-state index in [-0.39, 0.29) is 16.9 Å². The number of nitrogens with one attached hydrogen (secondary N) is 1. The Bertz CT molecular complexity index is 204. The molecule has 3 heteroatoms. The van der Waals surface area contributed by atoms with Gasteiger partial charge in [0.1, 0.15) is 5.38 Å². The first-order chi connectivity index (χ1) is 6.03. The van der Waals surface area contributed by atoms with Gasteiger partial charge < -0.3 is 5.32 Å². The molecule has 0 aliphatic carbocycles. The maximum atomic E-state index is 11.4. The number of alkyl halides is 1. The standard InChI is InChI=1S/C11H22ClNO/c1-8(12)9(14)13-11(5,6)7-10(2,3)4/h8H,7H2,1-6H3,(H,13,14)/t8-/m1/s1. The second-order valence-corrected chi connectivity index (χ2v) is 6.38. The highest BCUT2D eigenvalue weighted by atomic mass is 35.5. The van der Waals surface area contributed by atoms with E-state index < -0.39 is 5.38 Å². The average molecular weight is 220 g/mol. The van der Waals surface area contributed by atoms with Gasteiger partial charge in [0, 0.05) is 5.54 Å². The zero-order chi connectivity index (χ0) is 11.6. The minimum atomic E-state index is -0.464. The van der Waals surface area contributed by atoms with Gasteiger partial charge in [0.2, 0.25) is 5.91 Å². The van der Waals surface area contributed by atoms with E-state index in [1.54, 1.807) is 6.92 Å². The van der Waals surface area contributed by atoms with Gasteiger partial charge in [0.05, 0.1) is 0 Å². The third-order valence-electron chi connectivity index (χ3n) is 1.80. The third-order valence-corrected chi connectivity index (χ3v) is 1.99. The first-order valence-corrected chi connectivity index (χ1v) is 5.43. The number of rotatable bonds is 3. The lowest BCUT2D eigenvalue weighted by Crippen LogP contribution is -2.48. The van der Waals surface area contributed by atoms with E-state index in [0.717, 1.165) is 6.42 Å². The topological polar surface area (TPSA) is 29.1 Å². The summed E-state index contributed by atoms with van der Waals surface area (Å²) in [5, 5.41) is 2.48. The number of carbonyl (C=O) groups is 1. The fourth-order valence-electron chi connectivity index (χ4n) is 1.80. The first-order valence-electron chi connectivity index (χ1n) is 5.00. The van der Waals surface area contributed by atoms with Crippen LogP contribution in [0.1, 0.15) is 48.0 Å². The lowest BCUT2D eigenvalue weighted by molar-refractivity contribution is -0.122. The van der Waals surface area contributed by atoms with Crippen LogP contribution in [0.15, 0.2) is 0 Å². The van der Waals surface area contributed by atoms with E-state index in [4.69, 9.17) is 11.6 Å². The Labute approximate surface area is 92.4 Å². The van der Waals surface area contributed by atoms with Crippen molar-refractivity contribution in [1.82, 2.24) is 5.32 Å². The van der Waals surface area contributed by atoms with Gasteiger partial charge in [-0.15, -0.1) is 11.6 Å². The lowest BCUT2D eigenvalue weighted by Gasteiger charge is -2.33. The van der Waals surface area contributed by atoms with E-state index in [1.165, 1.54) is 0 Å². The molecule has 0 saturated heterocycles. The lowest BCUT2D eigenvalue weighted by atomic mass is 9.82. The second-order valence-electron chi connectivity index (χ2n) is 5.73. The molecule has 0 aromatic rings. The quantitative estimate of drug-likeness (QED) is 0.727. The van der Waals surface area contributed by atoms with E-state index in [0.29, 0.717) is 0 Å². The monoisotopic (exact) mass is 219 g/mol. The predicted molar refractivity (Wildman–Crippen MR) is 61.6 cm³/mol.